The van der Waals surface area contributed by atoms with Gasteiger partial charge in [-0.05, 0) is 29.3 Å². The van der Waals surface area contributed by atoms with Crippen LogP contribution in [0.2, 0.25) is 0 Å². The van der Waals surface area contributed by atoms with Crippen LogP contribution in [-0.4, -0.2) is 38.1 Å². The van der Waals surface area contributed by atoms with Crippen LogP contribution in [0.4, 0.5) is 4.39 Å². The summed E-state index contributed by atoms with van der Waals surface area (Å²) in [5, 5.41) is 0.867. The van der Waals surface area contributed by atoms with Crippen LogP contribution < -0.4 is 0 Å². The van der Waals surface area contributed by atoms with Crippen LogP contribution in [0.5, 0.6) is 0 Å². The highest BCUT2D eigenvalue weighted by molar-refractivity contribution is 7.91. The number of benzene rings is 3. The number of hydrogen-bond donors (Lipinski definition) is 0. The molecule has 1 fully saturated rings. The summed E-state index contributed by atoms with van der Waals surface area (Å²) in [7, 11) is -3.56. The smallest absolute Gasteiger partial charge is 0.254 e. The Kier molecular flexibility index (Phi) is 4.89. The molecule has 1 amide bonds. The van der Waals surface area contributed by atoms with Gasteiger partial charge in [-0.1, -0.05) is 54.6 Å². The lowest BCUT2D eigenvalue weighted by Crippen LogP contribution is -2.33. The van der Waals surface area contributed by atoms with Crippen LogP contribution in [0.15, 0.2) is 66.7 Å². The Morgan fingerprint density at radius 3 is 2.46 bits per heavy atom. The van der Waals surface area contributed by atoms with Crippen LogP contribution in [0, 0.1) is 5.82 Å². The standard InChI is InChI=1S/C22H20FNO3S/c23-20-11-4-3-9-19(20)21-12-13-24(14-15-28(21,26)27)22(25)18-10-5-7-16-6-1-2-8-17(16)18/h1-11,21H,12-15H2. The second kappa shape index (κ2) is 7.36. The molecule has 4 rings (SSSR count). The van der Waals surface area contributed by atoms with Gasteiger partial charge in [-0.25, -0.2) is 12.8 Å². The number of amides is 1. The predicted molar refractivity (Wildman–Crippen MR) is 107 cm³/mol. The molecule has 1 heterocycles. The SMILES string of the molecule is O=C(c1cccc2ccccc12)N1CCC(c2ccccc2F)S(=O)(=O)CC1. The van der Waals surface area contributed by atoms with Crippen molar-refractivity contribution in [3.8, 4) is 0 Å². The van der Waals surface area contributed by atoms with Gasteiger partial charge in [0.2, 0.25) is 0 Å². The lowest BCUT2D eigenvalue weighted by molar-refractivity contribution is 0.0768. The fourth-order valence-electron chi connectivity index (χ4n) is 3.81. The lowest BCUT2D eigenvalue weighted by atomic mass is 10.0. The Balaban J connectivity index is 1.65. The van der Waals surface area contributed by atoms with Gasteiger partial charge in [0, 0.05) is 24.2 Å². The number of hydrogen-bond acceptors (Lipinski definition) is 3. The highest BCUT2D eigenvalue weighted by Gasteiger charge is 2.34. The summed E-state index contributed by atoms with van der Waals surface area (Å²) in [6.07, 6.45) is 0.180. The molecular formula is C22H20FNO3S. The summed E-state index contributed by atoms with van der Waals surface area (Å²) in [6.45, 7) is 0.371. The van der Waals surface area contributed by atoms with Crippen molar-refractivity contribution in [1.29, 1.82) is 0 Å². The van der Waals surface area contributed by atoms with Crippen molar-refractivity contribution >= 4 is 26.5 Å². The van der Waals surface area contributed by atoms with Crippen LogP contribution in [0.3, 0.4) is 0 Å². The van der Waals surface area contributed by atoms with E-state index in [-0.39, 0.29) is 36.7 Å². The first-order chi connectivity index (χ1) is 13.5. The first kappa shape index (κ1) is 18.6. The van der Waals surface area contributed by atoms with Gasteiger partial charge in [0.25, 0.3) is 5.91 Å². The van der Waals surface area contributed by atoms with E-state index in [0.717, 1.165) is 10.8 Å². The Hall–Kier alpha value is -2.73. The van der Waals surface area contributed by atoms with Gasteiger partial charge in [-0.3, -0.25) is 4.79 Å². The van der Waals surface area contributed by atoms with E-state index in [9.17, 15) is 17.6 Å². The van der Waals surface area contributed by atoms with Crippen molar-refractivity contribution in [3.05, 3.63) is 83.7 Å². The second-order valence-electron chi connectivity index (χ2n) is 6.98. The molecule has 0 spiro atoms. The van der Waals surface area contributed by atoms with Gasteiger partial charge in [-0.15, -0.1) is 0 Å². The van der Waals surface area contributed by atoms with Gasteiger partial charge >= 0.3 is 0 Å². The maximum absolute atomic E-state index is 14.2. The van der Waals surface area contributed by atoms with Crippen LogP contribution in [-0.2, 0) is 9.84 Å². The zero-order chi connectivity index (χ0) is 19.7. The number of nitrogens with zero attached hydrogens (tertiary/aromatic N) is 1. The van der Waals surface area contributed by atoms with Crippen molar-refractivity contribution in [3.63, 3.8) is 0 Å². The quantitative estimate of drug-likeness (QED) is 0.657. The topological polar surface area (TPSA) is 54.5 Å². The molecule has 1 aliphatic heterocycles. The maximum atomic E-state index is 14.2. The van der Waals surface area contributed by atoms with E-state index < -0.39 is 20.9 Å². The van der Waals surface area contributed by atoms with E-state index in [0.29, 0.717) is 5.56 Å². The van der Waals surface area contributed by atoms with Gasteiger partial charge in [0.1, 0.15) is 5.82 Å². The number of rotatable bonds is 2. The zero-order valence-electron chi connectivity index (χ0n) is 15.2. The third-order valence-corrected chi connectivity index (χ3v) is 7.41. The summed E-state index contributed by atoms with van der Waals surface area (Å²) in [4.78, 5) is 14.7. The van der Waals surface area contributed by atoms with E-state index in [1.807, 2.05) is 36.4 Å². The highest BCUT2D eigenvalue weighted by atomic mass is 32.2. The summed E-state index contributed by atoms with van der Waals surface area (Å²) in [5.41, 5.74) is 0.738. The van der Waals surface area contributed by atoms with Gasteiger partial charge in [0.15, 0.2) is 9.84 Å². The van der Waals surface area contributed by atoms with E-state index in [4.69, 9.17) is 0 Å². The number of fused-ring (bicyclic) bond motifs is 1. The van der Waals surface area contributed by atoms with Crippen molar-refractivity contribution in [2.24, 2.45) is 0 Å². The average molecular weight is 397 g/mol. The van der Waals surface area contributed by atoms with Crippen LogP contribution in [0.1, 0.15) is 27.6 Å². The largest absolute Gasteiger partial charge is 0.338 e. The molecule has 28 heavy (non-hydrogen) atoms. The molecule has 1 aliphatic rings. The summed E-state index contributed by atoms with van der Waals surface area (Å²) < 4.78 is 39.7. The van der Waals surface area contributed by atoms with E-state index in [2.05, 4.69) is 0 Å². The molecule has 144 valence electrons. The monoisotopic (exact) mass is 397 g/mol. The van der Waals surface area contributed by atoms with Crippen LogP contribution in [0.25, 0.3) is 10.8 Å². The Morgan fingerprint density at radius 2 is 1.64 bits per heavy atom. The molecule has 0 bridgehead atoms. The fraction of sp³-hybridized carbons (Fsp3) is 0.227. The molecule has 3 aromatic rings. The Bertz CT molecular complexity index is 1140. The minimum Gasteiger partial charge on any atom is -0.338 e. The van der Waals surface area contributed by atoms with E-state index in [1.54, 1.807) is 23.1 Å². The van der Waals surface area contributed by atoms with Crippen molar-refractivity contribution < 1.29 is 17.6 Å². The normalized spacial score (nSPS) is 19.3. The summed E-state index contributed by atoms with van der Waals surface area (Å²) in [6, 6.07) is 19.1. The predicted octanol–water partition coefficient (Wildman–Crippen LogP) is 3.98. The molecule has 6 heteroatoms. The van der Waals surface area contributed by atoms with Gasteiger partial charge in [-0.2, -0.15) is 0 Å². The highest BCUT2D eigenvalue weighted by Crippen LogP contribution is 2.32. The number of sulfone groups is 1. The third-order valence-electron chi connectivity index (χ3n) is 5.30. The molecule has 1 saturated heterocycles. The third kappa shape index (κ3) is 3.40. The fourth-order valence-corrected chi connectivity index (χ4v) is 5.62. The second-order valence-corrected chi connectivity index (χ2v) is 9.29. The number of carbonyl (C=O) groups is 1. The van der Waals surface area contributed by atoms with Crippen molar-refractivity contribution in [1.82, 2.24) is 4.90 Å². The molecular weight excluding hydrogens is 377 g/mol. The minimum absolute atomic E-state index is 0.106. The first-order valence-corrected chi connectivity index (χ1v) is 10.9. The molecule has 0 aliphatic carbocycles. The Morgan fingerprint density at radius 1 is 0.929 bits per heavy atom. The molecule has 1 unspecified atom stereocenters. The maximum Gasteiger partial charge on any atom is 0.254 e. The minimum atomic E-state index is -3.56. The molecule has 0 N–H and O–H groups in total. The molecule has 0 radical (unpaired) electrons. The van der Waals surface area contributed by atoms with E-state index >= 15 is 0 Å². The first-order valence-electron chi connectivity index (χ1n) is 9.20. The molecule has 3 aromatic carbocycles. The molecule has 0 saturated carbocycles. The van der Waals surface area contributed by atoms with Crippen molar-refractivity contribution in [2.75, 3.05) is 18.8 Å². The van der Waals surface area contributed by atoms with Gasteiger partial charge < -0.3 is 4.90 Å². The number of carbonyl (C=O) groups excluding carboxylic acids is 1. The van der Waals surface area contributed by atoms with Crippen molar-refractivity contribution in [2.45, 2.75) is 11.7 Å². The zero-order valence-corrected chi connectivity index (χ0v) is 16.0. The molecule has 1 atom stereocenters. The summed E-state index contributed by atoms with van der Waals surface area (Å²) >= 11 is 0. The molecule has 0 aromatic heterocycles. The van der Waals surface area contributed by atoms with E-state index in [1.165, 1.54) is 12.1 Å². The average Bonchev–Trinajstić information content (AvgIpc) is 2.85. The Labute approximate surface area is 163 Å². The number of halogens is 1. The molecule has 4 nitrogen and oxygen atoms in total. The van der Waals surface area contributed by atoms with Crippen LogP contribution >= 0.6 is 0 Å². The summed E-state index contributed by atoms with van der Waals surface area (Å²) in [5.74, 6) is -0.895. The lowest BCUT2D eigenvalue weighted by Gasteiger charge is -2.21. The van der Waals surface area contributed by atoms with Gasteiger partial charge in [0.05, 0.1) is 11.0 Å².